The van der Waals surface area contributed by atoms with E-state index in [2.05, 4.69) is 66.0 Å². The highest BCUT2D eigenvalue weighted by atomic mass is 15.3. The second-order valence-electron chi connectivity index (χ2n) is 4.62. The molecule has 1 heterocycles. The average Bonchev–Trinajstić information content (AvgIpc) is 2.93. The second kappa shape index (κ2) is 5.14. The topological polar surface area (TPSA) is 29.9 Å². The molecule has 0 aliphatic carbocycles. The number of aromatic nitrogens is 2. The molecule has 0 saturated heterocycles. The van der Waals surface area contributed by atoms with Gasteiger partial charge in [-0.05, 0) is 29.8 Å². The number of hydrogen-bond acceptors (Lipinski definition) is 2. The van der Waals surface area contributed by atoms with Crippen LogP contribution in [0.25, 0.3) is 10.8 Å². The zero-order chi connectivity index (χ0) is 13.1. The summed E-state index contributed by atoms with van der Waals surface area (Å²) in [5.41, 5.74) is 2.35. The monoisotopic (exact) mass is 251 g/mol. The summed E-state index contributed by atoms with van der Waals surface area (Å²) in [6.07, 6.45) is 3.99. The Morgan fingerprint density at radius 3 is 2.74 bits per heavy atom. The molecule has 0 spiro atoms. The van der Waals surface area contributed by atoms with Crippen molar-refractivity contribution in [3.05, 3.63) is 60.4 Å². The summed E-state index contributed by atoms with van der Waals surface area (Å²) < 4.78 is 1.94. The Kier molecular flexibility index (Phi) is 3.19. The zero-order valence-electron chi connectivity index (χ0n) is 11.0. The third kappa shape index (κ3) is 2.60. The Hall–Kier alpha value is -2.29. The molecule has 1 N–H and O–H groups in total. The van der Waals surface area contributed by atoms with Gasteiger partial charge in [0.15, 0.2) is 0 Å². The fourth-order valence-corrected chi connectivity index (χ4v) is 2.17. The fourth-order valence-electron chi connectivity index (χ4n) is 2.17. The maximum Gasteiger partial charge on any atom is 0.0539 e. The van der Waals surface area contributed by atoms with Crippen molar-refractivity contribution >= 4 is 16.5 Å². The Morgan fingerprint density at radius 2 is 1.95 bits per heavy atom. The minimum atomic E-state index is 0.804. The molecule has 0 unspecified atom stereocenters. The van der Waals surface area contributed by atoms with Gasteiger partial charge in [-0.3, -0.25) is 4.68 Å². The normalized spacial score (nSPS) is 10.8. The van der Waals surface area contributed by atoms with E-state index in [0.717, 1.165) is 18.8 Å². The molecule has 3 rings (SSSR count). The number of fused-ring (bicyclic) bond motifs is 1. The van der Waals surface area contributed by atoms with E-state index in [9.17, 15) is 0 Å². The summed E-state index contributed by atoms with van der Waals surface area (Å²) in [7, 11) is 0. The highest BCUT2D eigenvalue weighted by molar-refractivity contribution is 5.85. The second-order valence-corrected chi connectivity index (χ2v) is 4.62. The van der Waals surface area contributed by atoms with E-state index in [1.165, 1.54) is 16.3 Å². The van der Waals surface area contributed by atoms with Crippen molar-refractivity contribution in [1.82, 2.24) is 9.78 Å². The molecule has 0 saturated carbocycles. The molecule has 0 aliphatic rings. The van der Waals surface area contributed by atoms with Crippen LogP contribution in [0.2, 0.25) is 0 Å². The Balaban J connectivity index is 1.74. The lowest BCUT2D eigenvalue weighted by Gasteiger charge is -2.06. The molecule has 0 bridgehead atoms. The largest absolute Gasteiger partial charge is 0.381 e. The van der Waals surface area contributed by atoms with E-state index < -0.39 is 0 Å². The molecule has 19 heavy (non-hydrogen) atoms. The number of anilines is 1. The Morgan fingerprint density at radius 1 is 1.11 bits per heavy atom. The summed E-state index contributed by atoms with van der Waals surface area (Å²) in [6, 6.07) is 14.8. The smallest absolute Gasteiger partial charge is 0.0539 e. The molecule has 3 nitrogen and oxygen atoms in total. The van der Waals surface area contributed by atoms with Crippen molar-refractivity contribution in [3.63, 3.8) is 0 Å². The molecule has 2 aromatic carbocycles. The Bertz CT molecular complexity index is 685. The Labute approximate surface area is 112 Å². The van der Waals surface area contributed by atoms with Crippen molar-refractivity contribution in [2.24, 2.45) is 0 Å². The molecule has 96 valence electrons. The van der Waals surface area contributed by atoms with E-state index in [1.807, 2.05) is 10.9 Å². The number of benzene rings is 2. The third-order valence-corrected chi connectivity index (χ3v) is 3.26. The van der Waals surface area contributed by atoms with E-state index in [1.54, 1.807) is 0 Å². The maximum absolute atomic E-state index is 4.27. The molecule has 3 heteroatoms. The lowest BCUT2D eigenvalue weighted by atomic mass is 10.1. The van der Waals surface area contributed by atoms with Gasteiger partial charge in [0, 0.05) is 30.5 Å². The molecule has 0 amide bonds. The van der Waals surface area contributed by atoms with Gasteiger partial charge in [0.25, 0.3) is 0 Å². The van der Waals surface area contributed by atoms with Crippen molar-refractivity contribution in [2.45, 2.75) is 20.0 Å². The highest BCUT2D eigenvalue weighted by Gasteiger charge is 1.99. The third-order valence-electron chi connectivity index (χ3n) is 3.26. The maximum atomic E-state index is 4.27. The van der Waals surface area contributed by atoms with Crippen LogP contribution in [-0.4, -0.2) is 9.78 Å². The summed E-state index contributed by atoms with van der Waals surface area (Å²) in [6.45, 7) is 3.81. The molecular formula is C16H17N3. The molecule has 0 atom stereocenters. The number of aryl methyl sites for hydroxylation is 1. The van der Waals surface area contributed by atoms with Crippen molar-refractivity contribution in [1.29, 1.82) is 0 Å². The average molecular weight is 251 g/mol. The first-order chi connectivity index (χ1) is 9.35. The molecule has 3 aromatic rings. The van der Waals surface area contributed by atoms with Crippen LogP contribution in [0.5, 0.6) is 0 Å². The molecular weight excluding hydrogens is 234 g/mol. The minimum absolute atomic E-state index is 0.804. The summed E-state index contributed by atoms with van der Waals surface area (Å²) >= 11 is 0. The van der Waals surface area contributed by atoms with Gasteiger partial charge in [-0.15, -0.1) is 0 Å². The SMILES string of the molecule is CCn1cc(CNc2ccc3ccccc3c2)cn1. The number of hydrogen-bond donors (Lipinski definition) is 1. The lowest BCUT2D eigenvalue weighted by Crippen LogP contribution is -1.98. The van der Waals surface area contributed by atoms with Crippen molar-refractivity contribution < 1.29 is 0 Å². The first kappa shape index (κ1) is 11.8. The van der Waals surface area contributed by atoms with Gasteiger partial charge in [0.05, 0.1) is 6.20 Å². The van der Waals surface area contributed by atoms with Crippen molar-refractivity contribution in [3.8, 4) is 0 Å². The van der Waals surface area contributed by atoms with Crippen LogP contribution in [0, 0.1) is 0 Å². The van der Waals surface area contributed by atoms with Crippen LogP contribution in [-0.2, 0) is 13.1 Å². The van der Waals surface area contributed by atoms with Gasteiger partial charge in [0.1, 0.15) is 0 Å². The quantitative estimate of drug-likeness (QED) is 0.766. The van der Waals surface area contributed by atoms with E-state index >= 15 is 0 Å². The van der Waals surface area contributed by atoms with Crippen molar-refractivity contribution in [2.75, 3.05) is 5.32 Å². The fraction of sp³-hybridized carbons (Fsp3) is 0.188. The van der Waals surface area contributed by atoms with E-state index in [4.69, 9.17) is 0 Å². The minimum Gasteiger partial charge on any atom is -0.381 e. The van der Waals surface area contributed by atoms with Gasteiger partial charge in [-0.25, -0.2) is 0 Å². The molecule has 0 aliphatic heterocycles. The molecule has 0 radical (unpaired) electrons. The first-order valence-electron chi connectivity index (χ1n) is 6.59. The predicted octanol–water partition coefficient (Wildman–Crippen LogP) is 3.67. The standard InChI is InChI=1S/C16H17N3/c1-2-19-12-13(11-18-19)10-17-16-8-7-14-5-3-4-6-15(14)9-16/h3-9,11-12,17H,2,10H2,1H3. The van der Waals surface area contributed by atoms with Gasteiger partial charge < -0.3 is 5.32 Å². The number of nitrogens with zero attached hydrogens (tertiary/aromatic N) is 2. The van der Waals surface area contributed by atoms with Crippen LogP contribution < -0.4 is 5.32 Å². The summed E-state index contributed by atoms with van der Waals surface area (Å²) in [5, 5.41) is 10.2. The van der Waals surface area contributed by atoms with E-state index in [0.29, 0.717) is 0 Å². The first-order valence-corrected chi connectivity index (χ1v) is 6.59. The predicted molar refractivity (Wildman–Crippen MR) is 79.2 cm³/mol. The van der Waals surface area contributed by atoms with Gasteiger partial charge >= 0.3 is 0 Å². The van der Waals surface area contributed by atoms with Crippen LogP contribution in [0.15, 0.2) is 54.9 Å². The highest BCUT2D eigenvalue weighted by Crippen LogP contribution is 2.19. The van der Waals surface area contributed by atoms with Crippen LogP contribution in [0.4, 0.5) is 5.69 Å². The molecule has 1 aromatic heterocycles. The number of rotatable bonds is 4. The van der Waals surface area contributed by atoms with Crippen LogP contribution in [0.3, 0.4) is 0 Å². The summed E-state index contributed by atoms with van der Waals surface area (Å²) in [4.78, 5) is 0. The van der Waals surface area contributed by atoms with Gasteiger partial charge in [-0.1, -0.05) is 30.3 Å². The van der Waals surface area contributed by atoms with Crippen LogP contribution in [0.1, 0.15) is 12.5 Å². The zero-order valence-corrected chi connectivity index (χ0v) is 11.0. The summed E-state index contributed by atoms with van der Waals surface area (Å²) in [5.74, 6) is 0. The van der Waals surface area contributed by atoms with Gasteiger partial charge in [0.2, 0.25) is 0 Å². The molecule has 0 fully saturated rings. The van der Waals surface area contributed by atoms with Crippen LogP contribution >= 0.6 is 0 Å². The lowest BCUT2D eigenvalue weighted by molar-refractivity contribution is 0.659. The van der Waals surface area contributed by atoms with Gasteiger partial charge in [-0.2, -0.15) is 5.10 Å². The van der Waals surface area contributed by atoms with E-state index in [-0.39, 0.29) is 0 Å². The number of nitrogens with one attached hydrogen (secondary N) is 1.